The van der Waals surface area contributed by atoms with Crippen molar-refractivity contribution in [2.75, 3.05) is 30.9 Å². The van der Waals surface area contributed by atoms with Crippen molar-refractivity contribution >= 4 is 21.8 Å². The second kappa shape index (κ2) is 8.68. The van der Waals surface area contributed by atoms with E-state index in [-0.39, 0.29) is 12.0 Å². The molecule has 4 heterocycles. The van der Waals surface area contributed by atoms with Crippen molar-refractivity contribution in [3.8, 4) is 5.88 Å². The van der Waals surface area contributed by atoms with Crippen LogP contribution in [0.25, 0.3) is 6.08 Å². The number of hydrogen-bond acceptors (Lipinski definition) is 7. The molecule has 2 aromatic heterocycles. The number of aromatic nitrogens is 3. The standard InChI is InChI=1S/C24H31N5O3S/c1-4-32-23-13-22(18-6-5-7-20(18)27-23)29-14-19-21(12-16(29)2)25-15-26-24(19)17-8-10-28(11-9-17)33(3,30)31/h5-6,13,15-17H,4,7-12,14H2,1-3H3/t16-/m1/s1. The lowest BCUT2D eigenvalue weighted by molar-refractivity contribution is 0.316. The highest BCUT2D eigenvalue weighted by Crippen LogP contribution is 2.39. The van der Waals surface area contributed by atoms with Gasteiger partial charge in [0.1, 0.15) is 6.33 Å². The van der Waals surface area contributed by atoms with Crippen LogP contribution in [0.3, 0.4) is 0 Å². The van der Waals surface area contributed by atoms with Crippen LogP contribution in [-0.2, 0) is 29.4 Å². The van der Waals surface area contributed by atoms with Crippen LogP contribution in [0.1, 0.15) is 60.8 Å². The molecule has 0 radical (unpaired) electrons. The number of hydrogen-bond donors (Lipinski definition) is 0. The predicted molar refractivity (Wildman–Crippen MR) is 128 cm³/mol. The number of anilines is 1. The molecule has 0 unspecified atom stereocenters. The Morgan fingerprint density at radius 2 is 1.97 bits per heavy atom. The van der Waals surface area contributed by atoms with Crippen LogP contribution in [0.2, 0.25) is 0 Å². The van der Waals surface area contributed by atoms with E-state index in [1.165, 1.54) is 17.4 Å². The smallest absolute Gasteiger partial charge is 0.215 e. The van der Waals surface area contributed by atoms with Crippen molar-refractivity contribution in [1.82, 2.24) is 19.3 Å². The average Bonchev–Trinajstić information content (AvgIpc) is 3.26. The summed E-state index contributed by atoms with van der Waals surface area (Å²) in [6.07, 6.45) is 10.5. The molecule has 0 bridgehead atoms. The second-order valence-electron chi connectivity index (χ2n) is 9.18. The maximum absolute atomic E-state index is 11.9. The fourth-order valence-corrected chi connectivity index (χ4v) is 6.19. The van der Waals surface area contributed by atoms with Crippen LogP contribution in [0, 0.1) is 0 Å². The summed E-state index contributed by atoms with van der Waals surface area (Å²) in [5, 5.41) is 0. The van der Waals surface area contributed by atoms with Crippen molar-refractivity contribution in [2.45, 2.75) is 58.0 Å². The molecule has 1 atom stereocenters. The van der Waals surface area contributed by atoms with Gasteiger partial charge in [-0.2, -0.15) is 0 Å². The third-order valence-electron chi connectivity index (χ3n) is 7.02. The molecule has 1 aliphatic carbocycles. The van der Waals surface area contributed by atoms with Crippen LogP contribution >= 0.6 is 0 Å². The average molecular weight is 470 g/mol. The van der Waals surface area contributed by atoms with Crippen molar-refractivity contribution in [3.63, 3.8) is 0 Å². The van der Waals surface area contributed by atoms with Gasteiger partial charge in [0.25, 0.3) is 0 Å². The molecule has 0 saturated carbocycles. The van der Waals surface area contributed by atoms with E-state index in [9.17, 15) is 8.42 Å². The predicted octanol–water partition coefficient (Wildman–Crippen LogP) is 2.93. The molecule has 1 fully saturated rings. The number of piperidine rings is 1. The van der Waals surface area contributed by atoms with Gasteiger partial charge in [0.15, 0.2) is 0 Å². The van der Waals surface area contributed by atoms with E-state index >= 15 is 0 Å². The summed E-state index contributed by atoms with van der Waals surface area (Å²) in [6.45, 7) is 6.62. The Kier molecular flexibility index (Phi) is 5.86. The van der Waals surface area contributed by atoms with Crippen LogP contribution in [0.15, 0.2) is 18.5 Å². The van der Waals surface area contributed by atoms with Gasteiger partial charge in [0, 0.05) is 61.6 Å². The molecule has 0 amide bonds. The second-order valence-corrected chi connectivity index (χ2v) is 11.2. The third-order valence-corrected chi connectivity index (χ3v) is 8.32. The summed E-state index contributed by atoms with van der Waals surface area (Å²) in [7, 11) is -3.15. The highest BCUT2D eigenvalue weighted by Gasteiger charge is 2.33. The van der Waals surface area contributed by atoms with E-state index in [2.05, 4.69) is 35.0 Å². The van der Waals surface area contributed by atoms with E-state index < -0.39 is 10.0 Å². The molecular formula is C24H31N5O3S. The molecule has 176 valence electrons. The van der Waals surface area contributed by atoms with Crippen LogP contribution in [0.5, 0.6) is 5.88 Å². The van der Waals surface area contributed by atoms with E-state index in [0.29, 0.717) is 25.6 Å². The first-order valence-corrected chi connectivity index (χ1v) is 13.6. The summed E-state index contributed by atoms with van der Waals surface area (Å²) in [5.41, 5.74) is 6.77. The third kappa shape index (κ3) is 4.24. The zero-order valence-corrected chi connectivity index (χ0v) is 20.3. The van der Waals surface area contributed by atoms with Gasteiger partial charge in [-0.05, 0) is 26.7 Å². The van der Waals surface area contributed by atoms with Crippen LogP contribution < -0.4 is 9.64 Å². The lowest BCUT2D eigenvalue weighted by atomic mass is 9.87. The minimum Gasteiger partial charge on any atom is -0.478 e. The largest absolute Gasteiger partial charge is 0.478 e. The van der Waals surface area contributed by atoms with Gasteiger partial charge in [-0.15, -0.1) is 0 Å². The lowest BCUT2D eigenvalue weighted by Crippen LogP contribution is -2.41. The highest BCUT2D eigenvalue weighted by molar-refractivity contribution is 7.88. The molecule has 0 aromatic carbocycles. The van der Waals surface area contributed by atoms with Gasteiger partial charge >= 0.3 is 0 Å². The molecule has 0 spiro atoms. The molecule has 9 heteroatoms. The number of fused-ring (bicyclic) bond motifs is 2. The summed E-state index contributed by atoms with van der Waals surface area (Å²) < 4.78 is 31.2. The zero-order valence-electron chi connectivity index (χ0n) is 19.5. The molecule has 3 aliphatic rings. The van der Waals surface area contributed by atoms with E-state index in [4.69, 9.17) is 14.7 Å². The normalized spacial score (nSPS) is 21.2. The molecule has 5 rings (SSSR count). The molecule has 1 saturated heterocycles. The van der Waals surface area contributed by atoms with Crippen molar-refractivity contribution in [3.05, 3.63) is 46.7 Å². The number of nitrogens with zero attached hydrogens (tertiary/aromatic N) is 5. The number of pyridine rings is 1. The fourth-order valence-electron chi connectivity index (χ4n) is 5.32. The maximum Gasteiger partial charge on any atom is 0.215 e. The minimum absolute atomic E-state index is 0.247. The van der Waals surface area contributed by atoms with Crippen molar-refractivity contribution in [1.29, 1.82) is 0 Å². The van der Waals surface area contributed by atoms with Gasteiger partial charge in [0.05, 0.1) is 35.6 Å². The Hall–Kier alpha value is -2.52. The van der Waals surface area contributed by atoms with E-state index in [1.54, 1.807) is 10.6 Å². The van der Waals surface area contributed by atoms with Crippen molar-refractivity contribution in [2.24, 2.45) is 0 Å². The molecule has 33 heavy (non-hydrogen) atoms. The van der Waals surface area contributed by atoms with Gasteiger partial charge in [-0.1, -0.05) is 12.2 Å². The first-order chi connectivity index (χ1) is 15.8. The lowest BCUT2D eigenvalue weighted by Gasteiger charge is -2.39. The highest BCUT2D eigenvalue weighted by atomic mass is 32.2. The van der Waals surface area contributed by atoms with Crippen molar-refractivity contribution < 1.29 is 13.2 Å². The number of sulfonamides is 1. The Balaban J connectivity index is 1.47. The molecule has 2 aromatic rings. The zero-order chi connectivity index (χ0) is 23.2. The Morgan fingerprint density at radius 1 is 1.18 bits per heavy atom. The topological polar surface area (TPSA) is 88.5 Å². The van der Waals surface area contributed by atoms with Gasteiger partial charge < -0.3 is 9.64 Å². The van der Waals surface area contributed by atoms with Gasteiger partial charge in [-0.25, -0.2) is 27.7 Å². The molecule has 8 nitrogen and oxygen atoms in total. The summed E-state index contributed by atoms with van der Waals surface area (Å²) in [4.78, 5) is 16.5. The molecular weight excluding hydrogens is 438 g/mol. The Labute approximate surface area is 195 Å². The molecule has 2 aliphatic heterocycles. The van der Waals surface area contributed by atoms with Gasteiger partial charge in [0.2, 0.25) is 15.9 Å². The number of allylic oxidation sites excluding steroid dienone is 1. The fraction of sp³-hybridized carbons (Fsp3) is 0.542. The number of rotatable bonds is 5. The number of ether oxygens (including phenoxy) is 1. The minimum atomic E-state index is -3.15. The summed E-state index contributed by atoms with van der Waals surface area (Å²) in [5.74, 6) is 0.919. The molecule has 0 N–H and O–H groups in total. The van der Waals surface area contributed by atoms with Crippen LogP contribution in [0.4, 0.5) is 5.69 Å². The Bertz CT molecular complexity index is 1190. The first kappa shape index (κ1) is 22.3. The SMILES string of the molecule is CCOc1cc(N2Cc3c(ncnc3C3CCN(S(C)(=O)=O)CC3)C[C@H]2C)c2c(n1)CC=C2. The quantitative estimate of drug-likeness (QED) is 0.665. The van der Waals surface area contributed by atoms with E-state index in [0.717, 1.165) is 55.0 Å². The monoisotopic (exact) mass is 469 g/mol. The summed E-state index contributed by atoms with van der Waals surface area (Å²) >= 11 is 0. The Morgan fingerprint density at radius 3 is 2.70 bits per heavy atom. The van der Waals surface area contributed by atoms with Crippen LogP contribution in [-0.4, -0.2) is 59.7 Å². The maximum atomic E-state index is 11.9. The van der Waals surface area contributed by atoms with E-state index in [1.807, 2.05) is 6.92 Å². The van der Waals surface area contributed by atoms with Gasteiger partial charge in [-0.3, -0.25) is 0 Å². The first-order valence-electron chi connectivity index (χ1n) is 11.7. The summed E-state index contributed by atoms with van der Waals surface area (Å²) in [6, 6.07) is 2.34.